The molecule has 0 aliphatic rings. The molecule has 1 heterocycles. The van der Waals surface area contributed by atoms with E-state index >= 15 is 0 Å². The monoisotopic (exact) mass is 219 g/mol. The normalized spacial score (nSPS) is 12.6. The Hall–Kier alpha value is -1.26. The first-order chi connectivity index (χ1) is 7.36. The van der Waals surface area contributed by atoms with Crippen LogP contribution in [0.15, 0.2) is 36.5 Å². The number of aromatic nitrogens is 2. The maximum absolute atomic E-state index is 5.99. The third-order valence-corrected chi connectivity index (χ3v) is 2.84. The van der Waals surface area contributed by atoms with Crippen LogP contribution >= 0.6 is 11.7 Å². The molecular weight excluding hydrogens is 206 g/mol. The van der Waals surface area contributed by atoms with Crippen molar-refractivity contribution in [3.05, 3.63) is 47.8 Å². The Labute approximate surface area is 93.3 Å². The van der Waals surface area contributed by atoms with Crippen LogP contribution in [-0.4, -0.2) is 8.75 Å². The lowest BCUT2D eigenvalue weighted by atomic mass is 10.0. The summed E-state index contributed by atoms with van der Waals surface area (Å²) in [4.78, 5) is 0. The summed E-state index contributed by atoms with van der Waals surface area (Å²) < 4.78 is 8.08. The van der Waals surface area contributed by atoms with Crippen LogP contribution in [0.3, 0.4) is 0 Å². The second-order valence-corrected chi connectivity index (χ2v) is 4.02. The van der Waals surface area contributed by atoms with Crippen LogP contribution in [0.4, 0.5) is 0 Å². The number of rotatable bonds is 4. The van der Waals surface area contributed by atoms with Crippen LogP contribution in [0.2, 0.25) is 0 Å². The zero-order valence-electron chi connectivity index (χ0n) is 8.34. The van der Waals surface area contributed by atoms with Crippen LogP contribution in [-0.2, 0) is 6.42 Å². The summed E-state index contributed by atoms with van der Waals surface area (Å²) in [7, 11) is 0. The largest absolute Gasteiger partial charge is 0.323 e. The fraction of sp³-hybridized carbons (Fsp3) is 0.273. The molecule has 0 spiro atoms. The molecule has 0 aliphatic carbocycles. The fourth-order valence-electron chi connectivity index (χ4n) is 1.45. The molecule has 0 radical (unpaired) electrons. The van der Waals surface area contributed by atoms with Crippen molar-refractivity contribution in [3.63, 3.8) is 0 Å². The van der Waals surface area contributed by atoms with Gasteiger partial charge < -0.3 is 5.73 Å². The van der Waals surface area contributed by atoms with Gasteiger partial charge in [-0.25, -0.2) is 0 Å². The minimum Gasteiger partial charge on any atom is -0.323 e. The number of hydrogen-bond donors (Lipinski definition) is 1. The second-order valence-electron chi connectivity index (χ2n) is 3.46. The molecule has 1 atom stereocenters. The molecule has 0 aliphatic heterocycles. The van der Waals surface area contributed by atoms with Gasteiger partial charge in [-0.05, 0) is 18.4 Å². The van der Waals surface area contributed by atoms with Gasteiger partial charge in [-0.15, -0.1) is 0 Å². The minimum atomic E-state index is 0.00366. The molecule has 4 heteroatoms. The van der Waals surface area contributed by atoms with Gasteiger partial charge in [0.05, 0.1) is 29.7 Å². The summed E-state index contributed by atoms with van der Waals surface area (Å²) in [5.41, 5.74) is 8.21. The maximum atomic E-state index is 5.99. The predicted molar refractivity (Wildman–Crippen MR) is 61.6 cm³/mol. The summed E-state index contributed by atoms with van der Waals surface area (Å²) in [5.74, 6) is 0. The van der Waals surface area contributed by atoms with E-state index in [9.17, 15) is 0 Å². The molecule has 0 bridgehead atoms. The van der Waals surface area contributed by atoms with Gasteiger partial charge in [-0.1, -0.05) is 30.3 Å². The highest BCUT2D eigenvalue weighted by atomic mass is 32.1. The highest BCUT2D eigenvalue weighted by molar-refractivity contribution is 6.99. The molecule has 2 N–H and O–H groups in total. The Morgan fingerprint density at radius 3 is 2.73 bits per heavy atom. The van der Waals surface area contributed by atoms with Crippen molar-refractivity contribution in [2.45, 2.75) is 18.9 Å². The van der Waals surface area contributed by atoms with E-state index < -0.39 is 0 Å². The van der Waals surface area contributed by atoms with Gasteiger partial charge in [0.2, 0.25) is 0 Å². The summed E-state index contributed by atoms with van der Waals surface area (Å²) in [6, 6.07) is 10.4. The van der Waals surface area contributed by atoms with Crippen molar-refractivity contribution in [2.24, 2.45) is 5.73 Å². The summed E-state index contributed by atoms with van der Waals surface area (Å²) >= 11 is 1.21. The highest BCUT2D eigenvalue weighted by Crippen LogP contribution is 2.14. The van der Waals surface area contributed by atoms with E-state index in [1.165, 1.54) is 17.3 Å². The number of aryl methyl sites for hydroxylation is 1. The van der Waals surface area contributed by atoms with Gasteiger partial charge >= 0.3 is 0 Å². The lowest BCUT2D eigenvalue weighted by molar-refractivity contribution is 0.639. The van der Waals surface area contributed by atoms with Gasteiger partial charge in [0.15, 0.2) is 0 Å². The molecule has 78 valence electrons. The average molecular weight is 219 g/mol. The first-order valence-corrected chi connectivity index (χ1v) is 5.66. The lowest BCUT2D eigenvalue weighted by Gasteiger charge is -2.07. The molecule has 3 nitrogen and oxygen atoms in total. The van der Waals surface area contributed by atoms with Gasteiger partial charge in [-0.2, -0.15) is 8.75 Å². The van der Waals surface area contributed by atoms with E-state index in [0.717, 1.165) is 18.5 Å². The highest BCUT2D eigenvalue weighted by Gasteiger charge is 2.08. The van der Waals surface area contributed by atoms with Crippen molar-refractivity contribution in [1.29, 1.82) is 0 Å². The SMILES string of the molecule is NC(CCc1ccccc1)c1cnsn1. The molecule has 1 aromatic carbocycles. The molecule has 2 aromatic rings. The Morgan fingerprint density at radius 1 is 1.27 bits per heavy atom. The minimum absolute atomic E-state index is 0.00366. The van der Waals surface area contributed by atoms with Crippen molar-refractivity contribution in [2.75, 3.05) is 0 Å². The molecular formula is C11H13N3S. The van der Waals surface area contributed by atoms with E-state index in [0.29, 0.717) is 0 Å². The number of nitrogens with zero attached hydrogens (tertiary/aromatic N) is 2. The molecule has 0 saturated heterocycles. The molecule has 0 amide bonds. The van der Waals surface area contributed by atoms with Gasteiger partial charge in [-0.3, -0.25) is 0 Å². The van der Waals surface area contributed by atoms with E-state index in [2.05, 4.69) is 20.9 Å². The average Bonchev–Trinajstić information content (AvgIpc) is 2.81. The van der Waals surface area contributed by atoms with Crippen LogP contribution < -0.4 is 5.73 Å². The molecule has 0 saturated carbocycles. The number of benzene rings is 1. The van der Waals surface area contributed by atoms with Crippen molar-refractivity contribution >= 4 is 11.7 Å². The Bertz CT molecular complexity index is 385. The zero-order valence-corrected chi connectivity index (χ0v) is 9.15. The first-order valence-electron chi connectivity index (χ1n) is 4.93. The fourth-order valence-corrected chi connectivity index (χ4v) is 1.93. The standard InChI is InChI=1S/C11H13N3S/c12-10(11-8-13-15-14-11)7-6-9-4-2-1-3-5-9/h1-5,8,10H,6-7,12H2. The zero-order chi connectivity index (χ0) is 10.5. The summed E-state index contributed by atoms with van der Waals surface area (Å²) in [6.45, 7) is 0. The van der Waals surface area contributed by atoms with Gasteiger partial charge in [0.25, 0.3) is 0 Å². The molecule has 1 aromatic heterocycles. The molecule has 15 heavy (non-hydrogen) atoms. The summed E-state index contributed by atoms with van der Waals surface area (Å²) in [6.07, 6.45) is 3.65. The van der Waals surface area contributed by atoms with Crippen molar-refractivity contribution in [1.82, 2.24) is 8.75 Å². The third-order valence-electron chi connectivity index (χ3n) is 2.35. The van der Waals surface area contributed by atoms with Crippen molar-refractivity contribution < 1.29 is 0 Å². The van der Waals surface area contributed by atoms with Crippen molar-refractivity contribution in [3.8, 4) is 0 Å². The molecule has 0 fully saturated rings. The quantitative estimate of drug-likeness (QED) is 0.857. The van der Waals surface area contributed by atoms with Crippen LogP contribution in [0, 0.1) is 0 Å². The molecule has 2 rings (SSSR count). The van der Waals surface area contributed by atoms with Crippen LogP contribution in [0.1, 0.15) is 23.7 Å². The van der Waals surface area contributed by atoms with E-state index in [1.807, 2.05) is 18.2 Å². The van der Waals surface area contributed by atoms with E-state index in [1.54, 1.807) is 6.20 Å². The maximum Gasteiger partial charge on any atom is 0.0910 e. The topological polar surface area (TPSA) is 51.8 Å². The Morgan fingerprint density at radius 2 is 2.07 bits per heavy atom. The number of hydrogen-bond acceptors (Lipinski definition) is 4. The van der Waals surface area contributed by atoms with E-state index in [-0.39, 0.29) is 6.04 Å². The Kier molecular flexibility index (Phi) is 3.42. The lowest BCUT2D eigenvalue weighted by Crippen LogP contribution is -2.11. The first kappa shape index (κ1) is 10.3. The third kappa shape index (κ3) is 2.84. The second kappa shape index (κ2) is 5.00. The molecule has 1 unspecified atom stereocenters. The van der Waals surface area contributed by atoms with Gasteiger partial charge in [0, 0.05) is 0 Å². The number of nitrogens with two attached hydrogens (primary N) is 1. The predicted octanol–water partition coefficient (Wildman–Crippen LogP) is 2.17. The summed E-state index contributed by atoms with van der Waals surface area (Å²) in [5, 5.41) is 0. The Balaban J connectivity index is 1.89. The van der Waals surface area contributed by atoms with Gasteiger partial charge in [0.1, 0.15) is 0 Å². The smallest absolute Gasteiger partial charge is 0.0910 e. The van der Waals surface area contributed by atoms with Crippen LogP contribution in [0.25, 0.3) is 0 Å². The van der Waals surface area contributed by atoms with Crippen LogP contribution in [0.5, 0.6) is 0 Å². The van der Waals surface area contributed by atoms with E-state index in [4.69, 9.17) is 5.73 Å².